The minimum atomic E-state index is -4.79. The average Bonchev–Trinajstić information content (AvgIpc) is 3.04. The van der Waals surface area contributed by atoms with Crippen molar-refractivity contribution >= 4 is 11.5 Å². The minimum Gasteiger partial charge on any atom is -0.507 e. The van der Waals surface area contributed by atoms with Gasteiger partial charge < -0.3 is 15.3 Å². The number of nitrogens with zero attached hydrogens (tertiary/aromatic N) is 5. The Bertz CT molecular complexity index is 1070. The van der Waals surface area contributed by atoms with Crippen molar-refractivity contribution in [1.29, 1.82) is 0 Å². The molecule has 3 aromatic rings. The quantitative estimate of drug-likeness (QED) is 0.627. The molecule has 0 bridgehead atoms. The van der Waals surface area contributed by atoms with E-state index in [-0.39, 0.29) is 11.7 Å². The third kappa shape index (κ3) is 3.76. The number of likely N-dealkylation sites (tertiary alicyclic amines) is 1. The number of hydrogen-bond donors (Lipinski definition) is 2. The monoisotopic (exact) mass is 424 g/mol. The summed E-state index contributed by atoms with van der Waals surface area (Å²) < 4.78 is 54.8. The van der Waals surface area contributed by atoms with Crippen molar-refractivity contribution in [1.82, 2.24) is 24.7 Å². The highest BCUT2D eigenvalue weighted by molar-refractivity contribution is 5.81. The molecule has 11 heteroatoms. The Labute approximate surface area is 169 Å². The van der Waals surface area contributed by atoms with Gasteiger partial charge in [-0.05, 0) is 51.6 Å². The predicted octanol–water partition coefficient (Wildman–Crippen LogP) is 3.47. The SMILES string of the molecule is Cc1cc2c(-c3c(O)cc(C(F)(F)F)cc3F)nnc(N[C@@H]3CCCN(C)C3)n2n1. The molecule has 0 spiro atoms. The van der Waals surface area contributed by atoms with E-state index >= 15 is 0 Å². The Kier molecular flexibility index (Phi) is 5.00. The van der Waals surface area contributed by atoms with E-state index in [1.807, 2.05) is 7.05 Å². The summed E-state index contributed by atoms with van der Waals surface area (Å²) in [6.45, 7) is 3.53. The first-order valence-electron chi connectivity index (χ1n) is 9.41. The van der Waals surface area contributed by atoms with Crippen LogP contribution in [0.25, 0.3) is 16.8 Å². The van der Waals surface area contributed by atoms with Crippen molar-refractivity contribution in [2.45, 2.75) is 32.0 Å². The van der Waals surface area contributed by atoms with Gasteiger partial charge in [-0.3, -0.25) is 0 Å². The van der Waals surface area contributed by atoms with Crippen molar-refractivity contribution in [3.05, 3.63) is 35.3 Å². The maximum absolute atomic E-state index is 14.6. The molecule has 1 aromatic carbocycles. The molecule has 1 aliphatic rings. The normalized spacial score (nSPS) is 18.1. The summed E-state index contributed by atoms with van der Waals surface area (Å²) in [7, 11) is 2.02. The summed E-state index contributed by atoms with van der Waals surface area (Å²) in [5.41, 5.74) is -0.922. The van der Waals surface area contributed by atoms with Crippen LogP contribution in [0.4, 0.5) is 23.5 Å². The Hall–Kier alpha value is -2.95. The Balaban J connectivity index is 1.79. The molecule has 2 N–H and O–H groups in total. The molecule has 7 nitrogen and oxygen atoms in total. The average molecular weight is 424 g/mol. The summed E-state index contributed by atoms with van der Waals surface area (Å²) in [6, 6.07) is 2.54. The van der Waals surface area contributed by atoms with Crippen molar-refractivity contribution in [2.24, 2.45) is 0 Å². The van der Waals surface area contributed by atoms with Gasteiger partial charge in [0.25, 0.3) is 0 Å². The Morgan fingerprint density at radius 1 is 1.20 bits per heavy atom. The van der Waals surface area contributed by atoms with Gasteiger partial charge in [-0.2, -0.15) is 22.8 Å². The molecule has 0 aliphatic carbocycles. The maximum atomic E-state index is 14.6. The summed E-state index contributed by atoms with van der Waals surface area (Å²) in [5, 5.41) is 25.9. The third-order valence-corrected chi connectivity index (χ3v) is 5.11. The fourth-order valence-corrected chi connectivity index (χ4v) is 3.75. The smallest absolute Gasteiger partial charge is 0.416 e. The lowest BCUT2D eigenvalue weighted by molar-refractivity contribution is -0.137. The van der Waals surface area contributed by atoms with Gasteiger partial charge in [0.15, 0.2) is 0 Å². The van der Waals surface area contributed by atoms with E-state index in [0.29, 0.717) is 29.3 Å². The van der Waals surface area contributed by atoms with Crippen LogP contribution < -0.4 is 5.32 Å². The number of rotatable bonds is 3. The second-order valence-corrected chi connectivity index (χ2v) is 7.55. The molecule has 0 amide bonds. The topological polar surface area (TPSA) is 78.6 Å². The van der Waals surface area contributed by atoms with Gasteiger partial charge in [-0.15, -0.1) is 10.2 Å². The Morgan fingerprint density at radius 3 is 2.63 bits per heavy atom. The number of anilines is 1. The van der Waals surface area contributed by atoms with Gasteiger partial charge in [0.05, 0.1) is 22.3 Å². The van der Waals surface area contributed by atoms with E-state index < -0.39 is 28.9 Å². The van der Waals surface area contributed by atoms with Crippen LogP contribution >= 0.6 is 0 Å². The predicted molar refractivity (Wildman–Crippen MR) is 102 cm³/mol. The van der Waals surface area contributed by atoms with Gasteiger partial charge in [0.1, 0.15) is 17.3 Å². The lowest BCUT2D eigenvalue weighted by Crippen LogP contribution is -2.40. The minimum absolute atomic E-state index is 0.0920. The van der Waals surface area contributed by atoms with Crippen LogP contribution in [0.1, 0.15) is 24.1 Å². The molecule has 4 rings (SSSR count). The lowest BCUT2D eigenvalue weighted by Gasteiger charge is -2.30. The van der Waals surface area contributed by atoms with E-state index in [9.17, 15) is 22.7 Å². The molecule has 1 saturated heterocycles. The first-order valence-corrected chi connectivity index (χ1v) is 9.41. The molecule has 0 radical (unpaired) electrons. The zero-order chi connectivity index (χ0) is 21.6. The molecule has 160 valence electrons. The molecule has 30 heavy (non-hydrogen) atoms. The molecule has 0 saturated carbocycles. The van der Waals surface area contributed by atoms with Crippen molar-refractivity contribution in [3.8, 4) is 17.0 Å². The van der Waals surface area contributed by atoms with E-state index in [2.05, 4.69) is 25.5 Å². The van der Waals surface area contributed by atoms with Crippen LogP contribution in [0, 0.1) is 12.7 Å². The zero-order valence-electron chi connectivity index (χ0n) is 16.3. The molecule has 0 unspecified atom stereocenters. The Morgan fingerprint density at radius 2 is 1.97 bits per heavy atom. The highest BCUT2D eigenvalue weighted by Gasteiger charge is 2.33. The standard InChI is InChI=1S/C19H20F4N6O/c1-10-6-14-17(16-13(20)7-11(8-15(16)30)19(21,22)23)25-26-18(29(14)27-10)24-12-4-3-5-28(2)9-12/h6-8,12,30H,3-5,9H2,1-2H3,(H,24,26)/t12-/m1/s1. The molecular formula is C19H20F4N6O. The number of benzene rings is 1. The number of halogens is 4. The largest absolute Gasteiger partial charge is 0.507 e. The van der Waals surface area contributed by atoms with Crippen LogP contribution in [0.2, 0.25) is 0 Å². The lowest BCUT2D eigenvalue weighted by atomic mass is 10.1. The number of aryl methyl sites for hydroxylation is 1. The van der Waals surface area contributed by atoms with Crippen LogP contribution in [0.3, 0.4) is 0 Å². The number of fused-ring (bicyclic) bond motifs is 1. The zero-order valence-corrected chi connectivity index (χ0v) is 16.3. The molecule has 3 heterocycles. The fourth-order valence-electron chi connectivity index (χ4n) is 3.75. The second kappa shape index (κ2) is 7.38. The van der Waals surface area contributed by atoms with Crippen molar-refractivity contribution in [3.63, 3.8) is 0 Å². The number of phenols is 1. The van der Waals surface area contributed by atoms with Crippen LogP contribution in [-0.2, 0) is 6.18 Å². The summed E-state index contributed by atoms with van der Waals surface area (Å²) in [6.07, 6.45) is -2.83. The first kappa shape index (κ1) is 20.3. The van der Waals surface area contributed by atoms with E-state index in [4.69, 9.17) is 0 Å². The van der Waals surface area contributed by atoms with Gasteiger partial charge >= 0.3 is 6.18 Å². The second-order valence-electron chi connectivity index (χ2n) is 7.55. The van der Waals surface area contributed by atoms with Gasteiger partial charge in [0, 0.05) is 12.6 Å². The van der Waals surface area contributed by atoms with E-state index in [1.54, 1.807) is 13.0 Å². The molecule has 1 fully saturated rings. The number of piperidine rings is 1. The fraction of sp³-hybridized carbons (Fsp3) is 0.421. The van der Waals surface area contributed by atoms with Crippen LogP contribution in [0.15, 0.2) is 18.2 Å². The molecule has 1 aliphatic heterocycles. The van der Waals surface area contributed by atoms with Gasteiger partial charge in [-0.1, -0.05) is 0 Å². The maximum Gasteiger partial charge on any atom is 0.416 e. The van der Waals surface area contributed by atoms with Crippen molar-refractivity contribution < 1.29 is 22.7 Å². The number of nitrogens with one attached hydrogen (secondary N) is 1. The molecule has 1 atom stereocenters. The highest BCUT2D eigenvalue weighted by atomic mass is 19.4. The van der Waals surface area contributed by atoms with Gasteiger partial charge in [-0.25, -0.2) is 4.39 Å². The summed E-state index contributed by atoms with van der Waals surface area (Å²) in [4.78, 5) is 2.18. The van der Waals surface area contributed by atoms with Gasteiger partial charge in [0.2, 0.25) is 5.95 Å². The highest BCUT2D eigenvalue weighted by Crippen LogP contribution is 2.39. The number of alkyl halides is 3. The number of aromatic nitrogens is 4. The van der Waals surface area contributed by atoms with Crippen LogP contribution in [-0.4, -0.2) is 56.0 Å². The van der Waals surface area contributed by atoms with Crippen molar-refractivity contribution in [2.75, 3.05) is 25.5 Å². The van der Waals surface area contributed by atoms with E-state index in [0.717, 1.165) is 25.9 Å². The number of aromatic hydroxyl groups is 1. The third-order valence-electron chi connectivity index (χ3n) is 5.11. The number of hydrogen-bond acceptors (Lipinski definition) is 6. The first-order chi connectivity index (χ1) is 14.1. The van der Waals surface area contributed by atoms with Crippen LogP contribution in [0.5, 0.6) is 5.75 Å². The number of phenolic OH excluding ortho intramolecular Hbond substituents is 1. The molecular weight excluding hydrogens is 404 g/mol. The van der Waals surface area contributed by atoms with E-state index in [1.165, 1.54) is 4.52 Å². The molecule has 2 aromatic heterocycles. The number of likely N-dealkylation sites (N-methyl/N-ethyl adjacent to an activating group) is 1. The summed E-state index contributed by atoms with van der Waals surface area (Å²) in [5.74, 6) is -1.77. The summed E-state index contributed by atoms with van der Waals surface area (Å²) >= 11 is 0.